The molecule has 2 saturated carbocycles. The van der Waals surface area contributed by atoms with E-state index in [0.717, 1.165) is 44.9 Å². The van der Waals surface area contributed by atoms with Crippen molar-refractivity contribution in [2.24, 2.45) is 17.3 Å². The third-order valence-corrected chi connectivity index (χ3v) is 6.71. The van der Waals surface area contributed by atoms with Gasteiger partial charge in [-0.05, 0) is 68.6 Å². The lowest BCUT2D eigenvalue weighted by molar-refractivity contribution is -0.137. The molecule has 25 heavy (non-hydrogen) atoms. The van der Waals surface area contributed by atoms with Crippen molar-refractivity contribution in [1.82, 2.24) is 0 Å². The fraction of sp³-hybridized carbons (Fsp3) is 0.762. The molecule has 0 amide bonds. The van der Waals surface area contributed by atoms with Crippen LogP contribution in [0.15, 0.2) is 24.3 Å². The number of carboxylic acids is 1. The van der Waals surface area contributed by atoms with Crippen molar-refractivity contribution < 1.29 is 15.0 Å². The maximum absolute atomic E-state index is 10.5. The van der Waals surface area contributed by atoms with E-state index in [0.29, 0.717) is 18.3 Å². The molecule has 2 N–H and O–H groups in total. The van der Waals surface area contributed by atoms with Gasteiger partial charge in [-0.25, -0.2) is 0 Å². The van der Waals surface area contributed by atoms with Gasteiger partial charge in [0.1, 0.15) is 0 Å². The van der Waals surface area contributed by atoms with Crippen LogP contribution in [0.3, 0.4) is 0 Å². The fourth-order valence-corrected chi connectivity index (χ4v) is 4.50. The van der Waals surface area contributed by atoms with Crippen LogP contribution in [0.1, 0.15) is 71.1 Å². The minimum Gasteiger partial charge on any atom is -0.481 e. The van der Waals surface area contributed by atoms with Gasteiger partial charge in [0.2, 0.25) is 0 Å². The van der Waals surface area contributed by atoms with Crippen LogP contribution in [0.4, 0.5) is 0 Å². The molecule has 0 bridgehead atoms. The normalized spacial score (nSPS) is 30.0. The SMILES string of the molecule is CC1(C(O)C/C=C/[C@H]2CCC(Cl)[C@@H]2C/C=C\CCCC(=O)O)CCC1. The average Bonchev–Trinajstić information content (AvgIpc) is 2.88. The number of carboxylic acid groups (broad SMARTS) is 1. The number of aliphatic hydroxyl groups excluding tert-OH is 1. The molecule has 0 aromatic heterocycles. The van der Waals surface area contributed by atoms with Crippen LogP contribution in [-0.2, 0) is 4.79 Å². The lowest BCUT2D eigenvalue weighted by Crippen LogP contribution is -2.38. The summed E-state index contributed by atoms with van der Waals surface area (Å²) < 4.78 is 0. The Morgan fingerprint density at radius 2 is 2.04 bits per heavy atom. The van der Waals surface area contributed by atoms with Gasteiger partial charge >= 0.3 is 5.97 Å². The molecular formula is C21H33ClO3. The number of carbonyl (C=O) groups is 1. The van der Waals surface area contributed by atoms with Crippen LogP contribution in [-0.4, -0.2) is 27.7 Å². The smallest absolute Gasteiger partial charge is 0.303 e. The summed E-state index contributed by atoms with van der Waals surface area (Å²) in [4.78, 5) is 10.5. The second-order valence-electron chi connectivity index (χ2n) is 8.10. The number of aliphatic carboxylic acids is 1. The van der Waals surface area contributed by atoms with Gasteiger partial charge in [-0.15, -0.1) is 11.6 Å². The number of allylic oxidation sites excluding steroid dienone is 3. The lowest BCUT2D eigenvalue weighted by atomic mass is 9.66. The van der Waals surface area contributed by atoms with E-state index < -0.39 is 5.97 Å². The van der Waals surface area contributed by atoms with Gasteiger partial charge in [-0.1, -0.05) is 37.6 Å². The van der Waals surface area contributed by atoms with Crippen LogP contribution < -0.4 is 0 Å². The molecule has 0 heterocycles. The number of aliphatic hydroxyl groups is 1. The number of unbranched alkanes of at least 4 members (excludes halogenated alkanes) is 1. The van der Waals surface area contributed by atoms with Gasteiger partial charge < -0.3 is 10.2 Å². The highest BCUT2D eigenvalue weighted by Gasteiger charge is 2.38. The van der Waals surface area contributed by atoms with E-state index in [4.69, 9.17) is 16.7 Å². The molecule has 4 atom stereocenters. The van der Waals surface area contributed by atoms with E-state index in [1.165, 1.54) is 6.42 Å². The topological polar surface area (TPSA) is 57.5 Å². The van der Waals surface area contributed by atoms with Crippen LogP contribution in [0, 0.1) is 17.3 Å². The van der Waals surface area contributed by atoms with Crippen molar-refractivity contribution in [1.29, 1.82) is 0 Å². The Hall–Kier alpha value is -0.800. The molecule has 4 heteroatoms. The van der Waals surface area contributed by atoms with E-state index in [1.54, 1.807) is 0 Å². The lowest BCUT2D eigenvalue weighted by Gasteiger charge is -2.42. The zero-order valence-electron chi connectivity index (χ0n) is 15.4. The molecule has 2 unspecified atom stereocenters. The molecule has 0 radical (unpaired) electrons. The molecule has 0 aromatic carbocycles. The van der Waals surface area contributed by atoms with Gasteiger partial charge in [-0.2, -0.15) is 0 Å². The summed E-state index contributed by atoms with van der Waals surface area (Å²) >= 11 is 6.51. The molecule has 2 aliphatic carbocycles. The largest absolute Gasteiger partial charge is 0.481 e. The van der Waals surface area contributed by atoms with Gasteiger partial charge in [0.25, 0.3) is 0 Å². The summed E-state index contributed by atoms with van der Waals surface area (Å²) in [6.45, 7) is 2.19. The Balaban J connectivity index is 1.74. The number of alkyl halides is 1. The number of rotatable bonds is 10. The number of hydrogen-bond acceptors (Lipinski definition) is 2. The Labute approximate surface area is 157 Å². The van der Waals surface area contributed by atoms with Gasteiger partial charge in [-0.3, -0.25) is 4.79 Å². The van der Waals surface area contributed by atoms with Crippen LogP contribution in [0.25, 0.3) is 0 Å². The van der Waals surface area contributed by atoms with E-state index >= 15 is 0 Å². The van der Waals surface area contributed by atoms with Crippen molar-refractivity contribution >= 4 is 17.6 Å². The minimum atomic E-state index is -0.729. The molecule has 0 spiro atoms. The molecule has 3 nitrogen and oxygen atoms in total. The zero-order valence-corrected chi connectivity index (χ0v) is 16.1. The summed E-state index contributed by atoms with van der Waals surface area (Å²) in [6, 6.07) is 0. The van der Waals surface area contributed by atoms with Crippen LogP contribution in [0.2, 0.25) is 0 Å². The van der Waals surface area contributed by atoms with Crippen molar-refractivity contribution in [2.45, 2.75) is 82.6 Å². The highest BCUT2D eigenvalue weighted by Crippen LogP contribution is 2.44. The summed E-state index contributed by atoms with van der Waals surface area (Å²) in [5.41, 5.74) is 0.132. The van der Waals surface area contributed by atoms with Crippen molar-refractivity contribution in [2.75, 3.05) is 0 Å². The molecular weight excluding hydrogens is 336 g/mol. The maximum Gasteiger partial charge on any atom is 0.303 e. The van der Waals surface area contributed by atoms with E-state index in [9.17, 15) is 9.90 Å². The molecule has 2 fully saturated rings. The second kappa shape index (κ2) is 9.78. The first-order valence-corrected chi connectivity index (χ1v) is 10.2. The molecule has 2 rings (SSSR count). The third-order valence-electron chi connectivity index (χ3n) is 6.17. The fourth-order valence-electron chi connectivity index (χ4n) is 4.09. The minimum absolute atomic E-state index is 0.132. The van der Waals surface area contributed by atoms with Crippen LogP contribution in [0.5, 0.6) is 0 Å². The Morgan fingerprint density at radius 3 is 2.68 bits per heavy atom. The molecule has 142 valence electrons. The Morgan fingerprint density at radius 1 is 1.28 bits per heavy atom. The molecule has 2 aliphatic rings. The predicted molar refractivity (Wildman–Crippen MR) is 103 cm³/mol. The highest BCUT2D eigenvalue weighted by molar-refractivity contribution is 6.21. The maximum atomic E-state index is 10.5. The summed E-state index contributed by atoms with van der Waals surface area (Å²) in [7, 11) is 0. The first kappa shape index (κ1) is 20.5. The Kier molecular flexibility index (Phi) is 8.02. The first-order valence-electron chi connectivity index (χ1n) is 9.78. The third kappa shape index (κ3) is 6.14. The van der Waals surface area contributed by atoms with Crippen molar-refractivity contribution in [3.8, 4) is 0 Å². The highest BCUT2D eigenvalue weighted by atomic mass is 35.5. The van der Waals surface area contributed by atoms with E-state index in [1.807, 2.05) is 0 Å². The van der Waals surface area contributed by atoms with Crippen LogP contribution >= 0.6 is 11.6 Å². The molecule has 0 saturated heterocycles. The summed E-state index contributed by atoms with van der Waals surface area (Å²) in [5, 5.41) is 19.2. The summed E-state index contributed by atoms with van der Waals surface area (Å²) in [6.07, 6.45) is 17.6. The Bertz CT molecular complexity index is 482. The van der Waals surface area contributed by atoms with Gasteiger partial charge in [0.15, 0.2) is 0 Å². The molecule has 0 aliphatic heterocycles. The molecule has 0 aromatic rings. The monoisotopic (exact) mass is 368 g/mol. The number of hydrogen-bond donors (Lipinski definition) is 2. The standard InChI is InChI=1S/C21H33ClO3/c1-21(14-7-15-21)19(23)10-6-8-16-12-13-18(22)17(16)9-4-2-3-5-11-20(24)25/h2,4,6,8,16-19,23H,3,5,7,9-15H2,1H3,(H,24,25)/b4-2-,8-6+/t16-,17+,18?,19?/m0/s1. The predicted octanol–water partition coefficient (Wildman–Crippen LogP) is 5.32. The first-order chi connectivity index (χ1) is 11.9. The zero-order chi connectivity index (χ0) is 18.3. The van der Waals surface area contributed by atoms with Crippen molar-refractivity contribution in [3.05, 3.63) is 24.3 Å². The van der Waals surface area contributed by atoms with Gasteiger partial charge in [0, 0.05) is 11.8 Å². The summed E-state index contributed by atoms with van der Waals surface area (Å²) in [5.74, 6) is 0.214. The number of halogens is 1. The average molecular weight is 369 g/mol. The second-order valence-corrected chi connectivity index (χ2v) is 8.66. The quantitative estimate of drug-likeness (QED) is 0.311. The van der Waals surface area contributed by atoms with Crippen molar-refractivity contribution in [3.63, 3.8) is 0 Å². The van der Waals surface area contributed by atoms with E-state index in [2.05, 4.69) is 31.2 Å². The van der Waals surface area contributed by atoms with Gasteiger partial charge in [0.05, 0.1) is 6.10 Å². The van der Waals surface area contributed by atoms with E-state index in [-0.39, 0.29) is 23.3 Å².